The Morgan fingerprint density at radius 3 is 2.25 bits per heavy atom. The van der Waals surface area contributed by atoms with Gasteiger partial charge in [0, 0.05) is 6.42 Å². The summed E-state index contributed by atoms with van der Waals surface area (Å²) in [5.74, 6) is 0.780. The molecule has 0 N–H and O–H groups in total. The fourth-order valence-corrected chi connectivity index (χ4v) is 1.67. The van der Waals surface area contributed by atoms with Crippen molar-refractivity contribution in [2.24, 2.45) is 5.92 Å². The summed E-state index contributed by atoms with van der Waals surface area (Å²) in [5.41, 5.74) is 0. The van der Waals surface area contributed by atoms with Crippen LogP contribution in [0.1, 0.15) is 72.6 Å². The molecule has 16 heavy (non-hydrogen) atoms. The SMILES string of the molecule is CCC(=O)OC(C)CCCCCC(C)CC. The van der Waals surface area contributed by atoms with Crippen molar-refractivity contribution >= 4 is 5.97 Å². The highest BCUT2D eigenvalue weighted by Gasteiger charge is 2.07. The van der Waals surface area contributed by atoms with Crippen LogP contribution in [0, 0.1) is 5.92 Å². The maximum atomic E-state index is 11.0. The summed E-state index contributed by atoms with van der Waals surface area (Å²) in [7, 11) is 0. The molecule has 2 unspecified atom stereocenters. The molecule has 0 aromatic carbocycles. The topological polar surface area (TPSA) is 26.3 Å². The van der Waals surface area contributed by atoms with Crippen LogP contribution < -0.4 is 0 Å². The standard InChI is InChI=1S/C14H28O2/c1-5-12(3)10-8-7-9-11-13(4)16-14(15)6-2/h12-13H,5-11H2,1-4H3. The average Bonchev–Trinajstić information content (AvgIpc) is 2.27. The first kappa shape index (κ1) is 15.5. The Morgan fingerprint density at radius 2 is 1.69 bits per heavy atom. The molecule has 0 aromatic rings. The fourth-order valence-electron chi connectivity index (χ4n) is 1.67. The van der Waals surface area contributed by atoms with Gasteiger partial charge in [0.15, 0.2) is 0 Å². The van der Waals surface area contributed by atoms with E-state index in [4.69, 9.17) is 4.74 Å². The van der Waals surface area contributed by atoms with Crippen LogP contribution in [0.15, 0.2) is 0 Å². The van der Waals surface area contributed by atoms with Crippen LogP contribution in [0.25, 0.3) is 0 Å². The molecule has 0 saturated heterocycles. The molecular formula is C14H28O2. The number of carbonyl (C=O) groups is 1. The predicted molar refractivity (Wildman–Crippen MR) is 68.4 cm³/mol. The zero-order chi connectivity index (χ0) is 12.4. The van der Waals surface area contributed by atoms with Crippen LogP contribution in [0.3, 0.4) is 0 Å². The van der Waals surface area contributed by atoms with Crippen LogP contribution in [0.5, 0.6) is 0 Å². The summed E-state index contributed by atoms with van der Waals surface area (Å²) in [4.78, 5) is 11.0. The first-order chi connectivity index (χ1) is 7.60. The van der Waals surface area contributed by atoms with E-state index < -0.39 is 0 Å². The molecule has 0 rings (SSSR count). The van der Waals surface area contributed by atoms with Gasteiger partial charge in [-0.05, 0) is 25.7 Å². The minimum Gasteiger partial charge on any atom is -0.463 e. The van der Waals surface area contributed by atoms with E-state index >= 15 is 0 Å². The lowest BCUT2D eigenvalue weighted by Gasteiger charge is -2.12. The zero-order valence-electron chi connectivity index (χ0n) is 11.4. The lowest BCUT2D eigenvalue weighted by atomic mass is 10.00. The molecule has 0 spiro atoms. The number of carbonyl (C=O) groups excluding carboxylic acids is 1. The quantitative estimate of drug-likeness (QED) is 0.434. The van der Waals surface area contributed by atoms with Crippen LogP contribution in [0.4, 0.5) is 0 Å². The van der Waals surface area contributed by atoms with Gasteiger partial charge in [0.25, 0.3) is 0 Å². The van der Waals surface area contributed by atoms with Gasteiger partial charge >= 0.3 is 5.97 Å². The van der Waals surface area contributed by atoms with Crippen molar-refractivity contribution in [2.45, 2.75) is 78.7 Å². The Balaban J connectivity index is 3.34. The largest absolute Gasteiger partial charge is 0.463 e. The summed E-state index contributed by atoms with van der Waals surface area (Å²) in [6.07, 6.45) is 7.95. The number of hydrogen-bond acceptors (Lipinski definition) is 2. The average molecular weight is 228 g/mol. The molecular weight excluding hydrogens is 200 g/mol. The molecule has 0 saturated carbocycles. The van der Waals surface area contributed by atoms with Crippen LogP contribution in [0.2, 0.25) is 0 Å². The predicted octanol–water partition coefficient (Wildman–Crippen LogP) is 4.32. The first-order valence-electron chi connectivity index (χ1n) is 6.79. The third kappa shape index (κ3) is 8.75. The highest BCUT2D eigenvalue weighted by Crippen LogP contribution is 2.14. The molecule has 0 aliphatic rings. The third-order valence-corrected chi connectivity index (χ3v) is 3.13. The summed E-state index contributed by atoms with van der Waals surface area (Å²) in [6.45, 7) is 8.38. The Hall–Kier alpha value is -0.530. The van der Waals surface area contributed by atoms with E-state index in [0.717, 1.165) is 12.3 Å². The van der Waals surface area contributed by atoms with E-state index in [1.807, 2.05) is 13.8 Å². The number of rotatable bonds is 9. The second-order valence-electron chi connectivity index (χ2n) is 4.81. The summed E-state index contributed by atoms with van der Waals surface area (Å²) in [5, 5.41) is 0. The van der Waals surface area contributed by atoms with E-state index in [1.54, 1.807) is 0 Å². The Labute approximate surface area is 101 Å². The van der Waals surface area contributed by atoms with Gasteiger partial charge in [-0.2, -0.15) is 0 Å². The molecule has 2 heteroatoms. The van der Waals surface area contributed by atoms with Gasteiger partial charge in [0.1, 0.15) is 0 Å². The van der Waals surface area contributed by atoms with Gasteiger partial charge in [-0.25, -0.2) is 0 Å². The normalized spacial score (nSPS) is 14.5. The molecule has 0 heterocycles. The van der Waals surface area contributed by atoms with Gasteiger partial charge < -0.3 is 4.74 Å². The van der Waals surface area contributed by atoms with Crippen molar-refractivity contribution in [2.75, 3.05) is 0 Å². The first-order valence-corrected chi connectivity index (χ1v) is 6.79. The van der Waals surface area contributed by atoms with Crippen molar-refractivity contribution in [3.05, 3.63) is 0 Å². The Morgan fingerprint density at radius 1 is 1.06 bits per heavy atom. The molecule has 0 aliphatic heterocycles. The number of esters is 1. The number of ether oxygens (including phenoxy) is 1. The highest BCUT2D eigenvalue weighted by atomic mass is 16.5. The van der Waals surface area contributed by atoms with Gasteiger partial charge in [-0.1, -0.05) is 46.5 Å². The molecule has 0 bridgehead atoms. The minimum absolute atomic E-state index is 0.0768. The second kappa shape index (κ2) is 9.68. The zero-order valence-corrected chi connectivity index (χ0v) is 11.4. The van der Waals surface area contributed by atoms with Gasteiger partial charge in [0.2, 0.25) is 0 Å². The number of unbranched alkanes of at least 4 members (excludes halogenated alkanes) is 2. The maximum absolute atomic E-state index is 11.0. The third-order valence-electron chi connectivity index (χ3n) is 3.13. The van der Waals surface area contributed by atoms with Gasteiger partial charge in [-0.15, -0.1) is 0 Å². The number of hydrogen-bond donors (Lipinski definition) is 0. The van der Waals surface area contributed by atoms with Crippen molar-refractivity contribution in [3.63, 3.8) is 0 Å². The summed E-state index contributed by atoms with van der Waals surface area (Å²) < 4.78 is 5.21. The molecule has 0 aliphatic carbocycles. The Kier molecular flexibility index (Phi) is 9.36. The molecule has 2 atom stereocenters. The van der Waals surface area contributed by atoms with Gasteiger partial charge in [0.05, 0.1) is 6.10 Å². The van der Waals surface area contributed by atoms with E-state index in [2.05, 4.69) is 13.8 Å². The van der Waals surface area contributed by atoms with E-state index in [0.29, 0.717) is 6.42 Å². The lowest BCUT2D eigenvalue weighted by molar-refractivity contribution is -0.148. The van der Waals surface area contributed by atoms with Crippen LogP contribution in [-0.2, 0) is 9.53 Å². The molecule has 96 valence electrons. The Bertz CT molecular complexity index is 178. The molecule has 2 nitrogen and oxygen atoms in total. The molecule has 0 radical (unpaired) electrons. The molecule has 0 fully saturated rings. The van der Waals surface area contributed by atoms with Crippen LogP contribution in [-0.4, -0.2) is 12.1 Å². The minimum atomic E-state index is -0.0768. The monoisotopic (exact) mass is 228 g/mol. The van der Waals surface area contributed by atoms with Crippen molar-refractivity contribution in [1.82, 2.24) is 0 Å². The summed E-state index contributed by atoms with van der Waals surface area (Å²) in [6, 6.07) is 0. The van der Waals surface area contributed by atoms with E-state index in [-0.39, 0.29) is 12.1 Å². The summed E-state index contributed by atoms with van der Waals surface area (Å²) >= 11 is 0. The second-order valence-corrected chi connectivity index (χ2v) is 4.81. The smallest absolute Gasteiger partial charge is 0.305 e. The lowest BCUT2D eigenvalue weighted by Crippen LogP contribution is -2.13. The van der Waals surface area contributed by atoms with Crippen molar-refractivity contribution in [1.29, 1.82) is 0 Å². The molecule has 0 aromatic heterocycles. The van der Waals surface area contributed by atoms with E-state index in [9.17, 15) is 4.79 Å². The van der Waals surface area contributed by atoms with Crippen molar-refractivity contribution < 1.29 is 9.53 Å². The van der Waals surface area contributed by atoms with Crippen LogP contribution >= 0.6 is 0 Å². The highest BCUT2D eigenvalue weighted by molar-refractivity contribution is 5.69. The van der Waals surface area contributed by atoms with E-state index in [1.165, 1.54) is 32.1 Å². The van der Waals surface area contributed by atoms with Gasteiger partial charge in [-0.3, -0.25) is 4.79 Å². The maximum Gasteiger partial charge on any atom is 0.305 e. The van der Waals surface area contributed by atoms with Crippen molar-refractivity contribution in [3.8, 4) is 0 Å². The fraction of sp³-hybridized carbons (Fsp3) is 0.929. The molecule has 0 amide bonds.